The number of rotatable bonds is 2. The number of halogens is 1. The molecule has 0 aliphatic carbocycles. The van der Waals surface area contributed by atoms with Gasteiger partial charge < -0.3 is 14.8 Å². The Kier molecular flexibility index (Phi) is 3.85. The van der Waals surface area contributed by atoms with Gasteiger partial charge in [0.1, 0.15) is 13.2 Å². The van der Waals surface area contributed by atoms with Crippen LogP contribution in [0, 0.1) is 0 Å². The van der Waals surface area contributed by atoms with E-state index in [1.807, 2.05) is 0 Å². The van der Waals surface area contributed by atoms with Crippen molar-refractivity contribution in [1.82, 2.24) is 5.32 Å². The fourth-order valence-corrected chi connectivity index (χ4v) is 3.43. The van der Waals surface area contributed by atoms with E-state index in [0.29, 0.717) is 19.1 Å². The molecule has 2 heterocycles. The van der Waals surface area contributed by atoms with Gasteiger partial charge in [-0.1, -0.05) is 18.5 Å². The van der Waals surface area contributed by atoms with Crippen LogP contribution in [0.1, 0.15) is 36.8 Å². The third-order valence-electron chi connectivity index (χ3n) is 4.00. The molecule has 4 heteroatoms. The lowest BCUT2D eigenvalue weighted by Crippen LogP contribution is -2.29. The van der Waals surface area contributed by atoms with Gasteiger partial charge >= 0.3 is 0 Å². The number of benzene rings is 1. The third-order valence-corrected chi connectivity index (χ3v) is 4.40. The molecule has 104 valence electrons. The highest BCUT2D eigenvalue weighted by Gasteiger charge is 2.25. The van der Waals surface area contributed by atoms with Crippen LogP contribution in [-0.2, 0) is 6.42 Å². The summed E-state index contributed by atoms with van der Waals surface area (Å²) < 4.78 is 11.4. The van der Waals surface area contributed by atoms with E-state index in [1.165, 1.54) is 24.0 Å². The lowest BCUT2D eigenvalue weighted by atomic mass is 9.87. The van der Waals surface area contributed by atoms with Gasteiger partial charge in [-0.3, -0.25) is 0 Å². The number of hydrogen-bond acceptors (Lipinski definition) is 3. The molecule has 1 fully saturated rings. The van der Waals surface area contributed by atoms with Crippen molar-refractivity contribution in [1.29, 1.82) is 0 Å². The second kappa shape index (κ2) is 5.59. The Morgan fingerprint density at radius 1 is 1.37 bits per heavy atom. The molecule has 0 aromatic heterocycles. The fourth-order valence-electron chi connectivity index (χ4n) is 3.04. The predicted molar refractivity (Wildman–Crippen MR) is 76.7 cm³/mol. The average molecular weight is 282 g/mol. The molecule has 0 amide bonds. The zero-order valence-corrected chi connectivity index (χ0v) is 12.1. The molecule has 19 heavy (non-hydrogen) atoms. The minimum atomic E-state index is 0.539. The summed E-state index contributed by atoms with van der Waals surface area (Å²) in [6.07, 6.45) is 3.37. The molecule has 1 atom stereocenters. The highest BCUT2D eigenvalue weighted by atomic mass is 35.5. The molecule has 2 aliphatic rings. The maximum Gasteiger partial charge on any atom is 0.180 e. The van der Waals surface area contributed by atoms with Crippen molar-refractivity contribution in [2.45, 2.75) is 32.1 Å². The monoisotopic (exact) mass is 281 g/mol. The van der Waals surface area contributed by atoms with E-state index in [1.54, 1.807) is 0 Å². The van der Waals surface area contributed by atoms with E-state index in [0.717, 1.165) is 36.0 Å². The Morgan fingerprint density at radius 2 is 2.21 bits per heavy atom. The van der Waals surface area contributed by atoms with E-state index >= 15 is 0 Å². The van der Waals surface area contributed by atoms with Crippen LogP contribution in [0.5, 0.6) is 11.5 Å². The Morgan fingerprint density at radius 3 is 2.95 bits per heavy atom. The molecule has 1 N–H and O–H groups in total. The summed E-state index contributed by atoms with van der Waals surface area (Å²) in [4.78, 5) is 0. The molecule has 3 nitrogen and oxygen atoms in total. The zero-order chi connectivity index (χ0) is 13.2. The van der Waals surface area contributed by atoms with Gasteiger partial charge in [-0.25, -0.2) is 0 Å². The highest BCUT2D eigenvalue weighted by molar-refractivity contribution is 6.33. The fraction of sp³-hybridized carbons (Fsp3) is 0.600. The van der Waals surface area contributed by atoms with Gasteiger partial charge in [0.2, 0.25) is 0 Å². The molecule has 0 bridgehead atoms. The van der Waals surface area contributed by atoms with Crippen LogP contribution in [0.25, 0.3) is 0 Å². The lowest BCUT2D eigenvalue weighted by Gasteiger charge is -2.28. The van der Waals surface area contributed by atoms with Crippen molar-refractivity contribution in [3.63, 3.8) is 0 Å². The second-order valence-electron chi connectivity index (χ2n) is 5.18. The third kappa shape index (κ3) is 2.41. The van der Waals surface area contributed by atoms with E-state index in [9.17, 15) is 0 Å². The number of nitrogens with one attached hydrogen (secondary N) is 1. The standard InChI is InChI=1S/C15H20ClNO2/c1-2-11-12(10-4-3-5-17-9-10)8-13-15(14(11)16)19-7-6-18-13/h8,10,17H,2-7,9H2,1H3. The van der Waals surface area contributed by atoms with E-state index in [2.05, 4.69) is 18.3 Å². The molecule has 1 unspecified atom stereocenters. The first-order valence-corrected chi connectivity index (χ1v) is 7.50. The van der Waals surface area contributed by atoms with Crippen LogP contribution in [0.2, 0.25) is 5.02 Å². The lowest BCUT2D eigenvalue weighted by molar-refractivity contribution is 0.171. The van der Waals surface area contributed by atoms with Crippen molar-refractivity contribution in [2.24, 2.45) is 0 Å². The zero-order valence-electron chi connectivity index (χ0n) is 11.3. The molecule has 2 aliphatic heterocycles. The summed E-state index contributed by atoms with van der Waals surface area (Å²) in [6, 6.07) is 2.15. The minimum Gasteiger partial charge on any atom is -0.486 e. The summed E-state index contributed by atoms with van der Waals surface area (Å²) >= 11 is 6.53. The Hall–Kier alpha value is -0.930. The van der Waals surface area contributed by atoms with Crippen molar-refractivity contribution in [3.05, 3.63) is 22.2 Å². The minimum absolute atomic E-state index is 0.539. The molecule has 1 aromatic carbocycles. The maximum absolute atomic E-state index is 6.53. The molecule has 1 aromatic rings. The predicted octanol–water partition coefficient (Wildman–Crippen LogP) is 3.14. The Bertz CT molecular complexity index is 470. The van der Waals surface area contributed by atoms with Crippen LogP contribution in [0.4, 0.5) is 0 Å². The van der Waals surface area contributed by atoms with Gasteiger partial charge in [0.25, 0.3) is 0 Å². The number of piperidine rings is 1. The molecule has 0 spiro atoms. The molecule has 0 radical (unpaired) electrons. The number of fused-ring (bicyclic) bond motifs is 1. The topological polar surface area (TPSA) is 30.5 Å². The summed E-state index contributed by atoms with van der Waals surface area (Å²) in [7, 11) is 0. The first kappa shape index (κ1) is 13.1. The molecular formula is C15H20ClNO2. The van der Waals surface area contributed by atoms with Crippen LogP contribution < -0.4 is 14.8 Å². The number of ether oxygens (including phenoxy) is 2. The van der Waals surface area contributed by atoms with E-state index in [4.69, 9.17) is 21.1 Å². The van der Waals surface area contributed by atoms with Gasteiger partial charge in [0, 0.05) is 6.54 Å². The van der Waals surface area contributed by atoms with Gasteiger partial charge in [-0.15, -0.1) is 0 Å². The van der Waals surface area contributed by atoms with E-state index in [-0.39, 0.29) is 0 Å². The highest BCUT2D eigenvalue weighted by Crippen LogP contribution is 2.44. The van der Waals surface area contributed by atoms with Gasteiger partial charge in [0.05, 0.1) is 5.02 Å². The van der Waals surface area contributed by atoms with Crippen LogP contribution >= 0.6 is 11.6 Å². The van der Waals surface area contributed by atoms with Crippen LogP contribution in [0.3, 0.4) is 0 Å². The quantitative estimate of drug-likeness (QED) is 0.903. The largest absolute Gasteiger partial charge is 0.486 e. The summed E-state index contributed by atoms with van der Waals surface area (Å²) in [5.41, 5.74) is 2.56. The summed E-state index contributed by atoms with van der Waals surface area (Å²) in [5.74, 6) is 2.09. The summed E-state index contributed by atoms with van der Waals surface area (Å²) in [6.45, 7) is 5.49. The SMILES string of the molecule is CCc1c(C2CCCNC2)cc2c(c1Cl)OCCO2. The van der Waals surface area contributed by atoms with Crippen molar-refractivity contribution < 1.29 is 9.47 Å². The van der Waals surface area contributed by atoms with Crippen molar-refractivity contribution in [2.75, 3.05) is 26.3 Å². The molecule has 1 saturated heterocycles. The summed E-state index contributed by atoms with van der Waals surface area (Å²) in [5, 5.41) is 4.22. The van der Waals surface area contributed by atoms with Gasteiger partial charge in [-0.2, -0.15) is 0 Å². The first-order chi connectivity index (χ1) is 9.31. The van der Waals surface area contributed by atoms with E-state index < -0.39 is 0 Å². The van der Waals surface area contributed by atoms with Gasteiger partial charge in [0.15, 0.2) is 11.5 Å². The second-order valence-corrected chi connectivity index (χ2v) is 5.56. The van der Waals surface area contributed by atoms with Gasteiger partial charge in [-0.05, 0) is 48.9 Å². The Labute approximate surface area is 119 Å². The Balaban J connectivity index is 2.04. The van der Waals surface area contributed by atoms with Crippen LogP contribution in [0.15, 0.2) is 6.07 Å². The van der Waals surface area contributed by atoms with Crippen molar-refractivity contribution in [3.8, 4) is 11.5 Å². The normalized spacial score (nSPS) is 22.3. The van der Waals surface area contributed by atoms with Crippen molar-refractivity contribution >= 4 is 11.6 Å². The smallest absolute Gasteiger partial charge is 0.180 e. The average Bonchev–Trinajstić information content (AvgIpc) is 2.48. The maximum atomic E-state index is 6.53. The molecule has 3 rings (SSSR count). The first-order valence-electron chi connectivity index (χ1n) is 7.12. The molecular weight excluding hydrogens is 262 g/mol. The van der Waals surface area contributed by atoms with Crippen LogP contribution in [-0.4, -0.2) is 26.3 Å². The number of hydrogen-bond donors (Lipinski definition) is 1. The molecule has 0 saturated carbocycles.